The van der Waals surface area contributed by atoms with Crippen molar-refractivity contribution in [2.24, 2.45) is 0 Å². The van der Waals surface area contributed by atoms with Gasteiger partial charge in [-0.1, -0.05) is 43.2 Å². The Morgan fingerprint density at radius 2 is 1.29 bits per heavy atom. The van der Waals surface area contributed by atoms with Crippen molar-refractivity contribution < 1.29 is 34.0 Å². The third-order valence-electron chi connectivity index (χ3n) is 8.93. The number of ether oxygens (including phenoxy) is 4. The molecule has 0 amide bonds. The molecule has 0 radical (unpaired) electrons. The van der Waals surface area contributed by atoms with Crippen molar-refractivity contribution in [2.75, 3.05) is 0 Å². The van der Waals surface area contributed by atoms with Gasteiger partial charge in [0, 0.05) is 32.1 Å². The van der Waals surface area contributed by atoms with E-state index in [9.17, 15) is 15.0 Å². The molecule has 1 aromatic carbocycles. The Bertz CT molecular complexity index is 922. The van der Waals surface area contributed by atoms with Crippen LogP contribution in [0.15, 0.2) is 30.3 Å². The van der Waals surface area contributed by atoms with E-state index in [0.717, 1.165) is 56.9 Å². The highest BCUT2D eigenvalue weighted by atomic mass is 16.8. The predicted octanol–water partition coefficient (Wildman–Crippen LogP) is 3.18. The summed E-state index contributed by atoms with van der Waals surface area (Å²) < 4.78 is 26.3. The van der Waals surface area contributed by atoms with Gasteiger partial charge in [-0.2, -0.15) is 0 Å². The minimum atomic E-state index is -2.20. The van der Waals surface area contributed by atoms with Crippen LogP contribution >= 0.6 is 0 Å². The van der Waals surface area contributed by atoms with Crippen molar-refractivity contribution in [3.8, 4) is 0 Å². The van der Waals surface area contributed by atoms with Crippen LogP contribution in [0, 0.1) is 0 Å². The molecular formula is C27H36O7. The number of benzene rings is 1. The zero-order valence-electron chi connectivity index (χ0n) is 19.9. The van der Waals surface area contributed by atoms with Crippen LogP contribution in [-0.4, -0.2) is 63.2 Å². The molecule has 0 unspecified atom stereocenters. The normalized spacial score (nSPS) is 42.4. The first-order valence-electron chi connectivity index (χ1n) is 13.0. The molecule has 186 valence electrons. The quantitative estimate of drug-likeness (QED) is 0.698. The number of fused-ring (bicyclic) bond motifs is 3. The van der Waals surface area contributed by atoms with Crippen LogP contribution in [0.5, 0.6) is 0 Å². The van der Waals surface area contributed by atoms with Crippen LogP contribution < -0.4 is 0 Å². The molecule has 0 aromatic heterocycles. The van der Waals surface area contributed by atoms with Gasteiger partial charge in [-0.3, -0.25) is 4.79 Å². The lowest BCUT2D eigenvalue weighted by Crippen LogP contribution is -2.79. The van der Waals surface area contributed by atoms with Crippen molar-refractivity contribution in [3.63, 3.8) is 0 Å². The summed E-state index contributed by atoms with van der Waals surface area (Å²) in [6, 6.07) is 9.45. The summed E-state index contributed by atoms with van der Waals surface area (Å²) in [7, 11) is 0. The van der Waals surface area contributed by atoms with Crippen molar-refractivity contribution in [3.05, 3.63) is 35.9 Å². The van der Waals surface area contributed by atoms with E-state index in [4.69, 9.17) is 18.9 Å². The number of rotatable bonds is 3. The van der Waals surface area contributed by atoms with Gasteiger partial charge in [0.2, 0.25) is 0 Å². The van der Waals surface area contributed by atoms with E-state index in [1.165, 1.54) is 6.92 Å². The monoisotopic (exact) mass is 472 g/mol. The van der Waals surface area contributed by atoms with Gasteiger partial charge in [-0.25, -0.2) is 0 Å². The molecule has 2 heterocycles. The summed E-state index contributed by atoms with van der Waals surface area (Å²) in [5.74, 6) is -2.22. The molecule has 1 aromatic rings. The highest BCUT2D eigenvalue weighted by Crippen LogP contribution is 2.57. The molecule has 3 saturated carbocycles. The molecule has 6 rings (SSSR count). The van der Waals surface area contributed by atoms with Gasteiger partial charge in [0.1, 0.15) is 30.0 Å². The second-order valence-electron chi connectivity index (χ2n) is 11.1. The summed E-state index contributed by atoms with van der Waals surface area (Å²) in [4.78, 5) is 13.3. The molecule has 5 fully saturated rings. The van der Waals surface area contributed by atoms with Gasteiger partial charge >= 0.3 is 0 Å². The summed E-state index contributed by atoms with van der Waals surface area (Å²) >= 11 is 0. The topological polar surface area (TPSA) is 94.5 Å². The van der Waals surface area contributed by atoms with Crippen molar-refractivity contribution in [2.45, 2.75) is 125 Å². The minimum Gasteiger partial charge on any atom is -0.383 e. The smallest absolute Gasteiger partial charge is 0.183 e. The standard InChI is InChI=1S/C27H36O7/c1-18(28)27(30)23-21(32-25(34-23)15-9-4-10-16-25)20-22(33-24(31-20)13-7-3-8-14-24)26(27,29)17-19-11-5-2-6-12-19/h2,5-6,11-12,20-23,29-30H,3-4,7-10,13-17H2,1H3/t20-,21-,22+,23-,26-,27-/m0/s1. The maximum atomic E-state index is 13.3. The van der Waals surface area contributed by atoms with E-state index in [2.05, 4.69) is 0 Å². The Kier molecular flexibility index (Phi) is 5.49. The number of hydrogen-bond acceptors (Lipinski definition) is 7. The molecule has 7 heteroatoms. The zero-order chi connectivity index (χ0) is 23.6. The molecule has 2 N–H and O–H groups in total. The van der Waals surface area contributed by atoms with Crippen LogP contribution in [0.25, 0.3) is 0 Å². The average molecular weight is 473 g/mol. The Balaban J connectivity index is 1.46. The van der Waals surface area contributed by atoms with Crippen LogP contribution in [-0.2, 0) is 30.2 Å². The van der Waals surface area contributed by atoms with E-state index in [0.29, 0.717) is 12.8 Å². The van der Waals surface area contributed by atoms with Gasteiger partial charge in [-0.15, -0.1) is 0 Å². The Hall–Kier alpha value is -1.35. The van der Waals surface area contributed by atoms with E-state index in [1.54, 1.807) is 0 Å². The lowest BCUT2D eigenvalue weighted by Gasteiger charge is -2.53. The highest BCUT2D eigenvalue weighted by Gasteiger charge is 2.77. The highest BCUT2D eigenvalue weighted by molar-refractivity contribution is 5.88. The molecular weight excluding hydrogens is 436 g/mol. The molecule has 34 heavy (non-hydrogen) atoms. The number of ketones is 1. The Morgan fingerprint density at radius 3 is 1.82 bits per heavy atom. The van der Waals surface area contributed by atoms with Gasteiger partial charge in [0.05, 0.1) is 0 Å². The fraction of sp³-hybridized carbons (Fsp3) is 0.741. The van der Waals surface area contributed by atoms with E-state index in [-0.39, 0.29) is 6.42 Å². The number of hydrogen-bond donors (Lipinski definition) is 2. The SMILES string of the molecule is CC(=O)[C@]1(O)[C@H]2OC3(CCCCC3)O[C@H]2[C@@H]2OC3(CCCCC3)O[C@H]2[C@@]1(O)Cc1ccccc1. The Morgan fingerprint density at radius 1 is 0.794 bits per heavy atom. The minimum absolute atomic E-state index is 0.0457. The number of Topliss-reactive ketones (excluding diaryl/α,β-unsaturated/α-hetero) is 1. The zero-order valence-corrected chi connectivity index (χ0v) is 19.9. The third-order valence-corrected chi connectivity index (χ3v) is 8.93. The average Bonchev–Trinajstić information content (AvgIpc) is 3.39. The molecule has 6 atom stereocenters. The van der Waals surface area contributed by atoms with E-state index < -0.39 is 53.0 Å². The van der Waals surface area contributed by atoms with Crippen LogP contribution in [0.3, 0.4) is 0 Å². The Labute approximate surface area is 200 Å². The van der Waals surface area contributed by atoms with E-state index >= 15 is 0 Å². The fourth-order valence-corrected chi connectivity index (χ4v) is 7.21. The summed E-state index contributed by atoms with van der Waals surface area (Å²) in [6.07, 6.45) is 5.74. The van der Waals surface area contributed by atoms with Gasteiger partial charge < -0.3 is 29.2 Å². The summed E-state index contributed by atoms with van der Waals surface area (Å²) in [6.45, 7) is 1.33. The maximum Gasteiger partial charge on any atom is 0.183 e. The number of carbonyl (C=O) groups is 1. The predicted molar refractivity (Wildman–Crippen MR) is 122 cm³/mol. The second-order valence-corrected chi connectivity index (χ2v) is 11.1. The maximum absolute atomic E-state index is 13.3. The molecule has 0 bridgehead atoms. The van der Waals surface area contributed by atoms with Crippen LogP contribution in [0.2, 0.25) is 0 Å². The molecule has 7 nitrogen and oxygen atoms in total. The first kappa shape index (κ1) is 23.1. The van der Waals surface area contributed by atoms with Crippen molar-refractivity contribution in [1.29, 1.82) is 0 Å². The molecule has 2 spiro atoms. The first-order valence-corrected chi connectivity index (χ1v) is 13.0. The van der Waals surface area contributed by atoms with Crippen LogP contribution in [0.4, 0.5) is 0 Å². The number of carbonyl (C=O) groups excluding carboxylic acids is 1. The van der Waals surface area contributed by atoms with Gasteiger partial charge in [0.15, 0.2) is 23.0 Å². The number of aliphatic hydroxyl groups is 2. The van der Waals surface area contributed by atoms with Crippen LogP contribution in [0.1, 0.15) is 76.7 Å². The lowest BCUT2D eigenvalue weighted by atomic mass is 9.62. The molecule has 5 aliphatic rings. The van der Waals surface area contributed by atoms with Crippen molar-refractivity contribution >= 4 is 5.78 Å². The van der Waals surface area contributed by atoms with Gasteiger partial charge in [0.25, 0.3) is 0 Å². The van der Waals surface area contributed by atoms with Crippen molar-refractivity contribution in [1.82, 2.24) is 0 Å². The summed E-state index contributed by atoms with van der Waals surface area (Å²) in [5, 5.41) is 24.6. The van der Waals surface area contributed by atoms with E-state index in [1.807, 2.05) is 30.3 Å². The molecule has 3 aliphatic carbocycles. The lowest BCUT2D eigenvalue weighted by molar-refractivity contribution is -0.272. The third kappa shape index (κ3) is 3.28. The second kappa shape index (κ2) is 8.08. The molecule has 2 saturated heterocycles. The van der Waals surface area contributed by atoms with Gasteiger partial charge in [-0.05, 0) is 38.2 Å². The molecule has 2 aliphatic heterocycles. The first-order chi connectivity index (χ1) is 16.3. The summed E-state index contributed by atoms with van der Waals surface area (Å²) in [5.41, 5.74) is -3.32. The fourth-order valence-electron chi connectivity index (χ4n) is 7.21. The largest absolute Gasteiger partial charge is 0.383 e.